The molecule has 2 aromatic rings. The maximum absolute atomic E-state index is 12.5. The normalized spacial score (nSPS) is 13.4. The Morgan fingerprint density at radius 1 is 1.35 bits per heavy atom. The van der Waals surface area contributed by atoms with E-state index in [1.54, 1.807) is 7.11 Å². The second-order valence-corrected chi connectivity index (χ2v) is 7.94. The molecule has 0 saturated heterocycles. The fraction of sp³-hybridized carbons (Fsp3) is 0.389. The molecule has 0 radical (unpaired) electrons. The summed E-state index contributed by atoms with van der Waals surface area (Å²) < 4.78 is 5.93. The van der Waals surface area contributed by atoms with E-state index in [4.69, 9.17) is 4.74 Å². The van der Waals surface area contributed by atoms with Crippen molar-refractivity contribution in [1.29, 1.82) is 0 Å². The molecule has 0 atom stereocenters. The summed E-state index contributed by atoms with van der Waals surface area (Å²) in [5.74, 6) is 1.31. The number of amides is 1. The topological polar surface area (TPSA) is 67.4 Å². The molecule has 1 N–H and O–H groups in total. The first-order valence-electron chi connectivity index (χ1n) is 8.56. The number of benzene rings is 1. The van der Waals surface area contributed by atoms with E-state index in [1.165, 1.54) is 23.1 Å². The quantitative estimate of drug-likeness (QED) is 0.678. The standard InChI is InChI=1S/C18H22N4O2S2/c1-3-22(14-6-4-5-7-14)16(23)12-25-18-21-20-17(26-18)19-13-8-10-15(24-2)11-9-13/h6,8-11H,3-5,7,12H2,1-2H3,(H,19,20). The van der Waals surface area contributed by atoms with Gasteiger partial charge in [-0.15, -0.1) is 10.2 Å². The third kappa shape index (κ3) is 4.76. The minimum absolute atomic E-state index is 0.130. The molecule has 0 saturated carbocycles. The van der Waals surface area contributed by atoms with Crippen molar-refractivity contribution in [3.63, 3.8) is 0 Å². The lowest BCUT2D eigenvalue weighted by molar-refractivity contribution is -0.126. The Morgan fingerprint density at radius 2 is 2.15 bits per heavy atom. The second-order valence-electron chi connectivity index (χ2n) is 5.74. The van der Waals surface area contributed by atoms with Crippen molar-refractivity contribution in [3.05, 3.63) is 36.0 Å². The molecule has 1 aromatic heterocycles. The van der Waals surface area contributed by atoms with Crippen LogP contribution in [-0.4, -0.2) is 40.4 Å². The van der Waals surface area contributed by atoms with Gasteiger partial charge in [-0.25, -0.2) is 0 Å². The predicted octanol–water partition coefficient (Wildman–Crippen LogP) is 4.30. The van der Waals surface area contributed by atoms with E-state index in [1.807, 2.05) is 36.1 Å². The first-order valence-corrected chi connectivity index (χ1v) is 10.4. The molecule has 8 heteroatoms. The molecule has 0 fully saturated rings. The fourth-order valence-corrected chi connectivity index (χ4v) is 4.40. The SMILES string of the molecule is CCN(C(=O)CSc1nnc(Nc2ccc(OC)cc2)s1)C1=CCCC1. The van der Waals surface area contributed by atoms with Crippen molar-refractivity contribution in [2.45, 2.75) is 30.5 Å². The molecule has 1 aliphatic carbocycles. The van der Waals surface area contributed by atoms with E-state index in [9.17, 15) is 4.79 Å². The number of methoxy groups -OCH3 is 1. The summed E-state index contributed by atoms with van der Waals surface area (Å²) >= 11 is 2.88. The Labute approximate surface area is 161 Å². The van der Waals surface area contributed by atoms with Crippen molar-refractivity contribution < 1.29 is 9.53 Å². The summed E-state index contributed by atoms with van der Waals surface area (Å²) in [5.41, 5.74) is 2.08. The van der Waals surface area contributed by atoms with Gasteiger partial charge in [-0.3, -0.25) is 4.79 Å². The number of rotatable bonds is 8. The van der Waals surface area contributed by atoms with Crippen LogP contribution in [0.3, 0.4) is 0 Å². The Kier molecular flexibility index (Phi) is 6.51. The number of carbonyl (C=O) groups is 1. The van der Waals surface area contributed by atoms with Crippen LogP contribution in [0.15, 0.2) is 40.4 Å². The number of hydrogen-bond acceptors (Lipinski definition) is 7. The lowest BCUT2D eigenvalue weighted by Crippen LogP contribution is -2.31. The number of thioether (sulfide) groups is 1. The van der Waals surface area contributed by atoms with Crippen molar-refractivity contribution in [3.8, 4) is 5.75 Å². The van der Waals surface area contributed by atoms with Crippen LogP contribution in [0.25, 0.3) is 0 Å². The zero-order valence-corrected chi connectivity index (χ0v) is 16.5. The lowest BCUT2D eigenvalue weighted by Gasteiger charge is -2.21. The highest BCUT2D eigenvalue weighted by Crippen LogP contribution is 2.29. The molecular weight excluding hydrogens is 368 g/mol. The summed E-state index contributed by atoms with van der Waals surface area (Å²) in [6.45, 7) is 2.73. The van der Waals surface area contributed by atoms with Gasteiger partial charge < -0.3 is 15.0 Å². The summed E-state index contributed by atoms with van der Waals surface area (Å²) in [4.78, 5) is 14.4. The Bertz CT molecular complexity index is 774. The van der Waals surface area contributed by atoms with Gasteiger partial charge in [-0.05, 0) is 50.5 Å². The summed E-state index contributed by atoms with van der Waals surface area (Å²) in [6, 6.07) is 7.61. The van der Waals surface area contributed by atoms with Gasteiger partial charge in [0.2, 0.25) is 11.0 Å². The Morgan fingerprint density at radius 3 is 2.81 bits per heavy atom. The zero-order valence-electron chi connectivity index (χ0n) is 14.9. The minimum atomic E-state index is 0.130. The van der Waals surface area contributed by atoms with Crippen LogP contribution in [-0.2, 0) is 4.79 Å². The van der Waals surface area contributed by atoms with Gasteiger partial charge in [0.15, 0.2) is 4.34 Å². The van der Waals surface area contributed by atoms with Gasteiger partial charge in [0, 0.05) is 17.9 Å². The average Bonchev–Trinajstić information content (AvgIpc) is 3.34. The molecule has 0 unspecified atom stereocenters. The summed E-state index contributed by atoms with van der Waals surface area (Å²) in [5, 5.41) is 12.2. The molecule has 6 nitrogen and oxygen atoms in total. The molecule has 0 spiro atoms. The van der Waals surface area contributed by atoms with E-state index in [0.717, 1.165) is 40.7 Å². The van der Waals surface area contributed by atoms with Crippen molar-refractivity contribution >= 4 is 39.8 Å². The minimum Gasteiger partial charge on any atom is -0.497 e. The maximum Gasteiger partial charge on any atom is 0.237 e. The molecule has 1 heterocycles. The molecule has 0 bridgehead atoms. The van der Waals surface area contributed by atoms with Gasteiger partial charge in [-0.1, -0.05) is 29.2 Å². The third-order valence-corrected chi connectivity index (χ3v) is 6.00. The molecule has 1 aromatic carbocycles. The smallest absolute Gasteiger partial charge is 0.237 e. The van der Waals surface area contributed by atoms with Crippen LogP contribution >= 0.6 is 23.1 Å². The van der Waals surface area contributed by atoms with E-state index >= 15 is 0 Å². The second kappa shape index (κ2) is 9.05. The number of aromatic nitrogens is 2. The van der Waals surface area contributed by atoms with E-state index in [2.05, 4.69) is 21.6 Å². The van der Waals surface area contributed by atoms with Gasteiger partial charge in [-0.2, -0.15) is 0 Å². The van der Waals surface area contributed by atoms with Crippen molar-refractivity contribution in [1.82, 2.24) is 15.1 Å². The Hall–Kier alpha value is -2.06. The number of nitrogens with one attached hydrogen (secondary N) is 1. The zero-order chi connectivity index (χ0) is 18.4. The molecular formula is C18H22N4O2S2. The predicted molar refractivity (Wildman–Crippen MR) is 106 cm³/mol. The van der Waals surface area contributed by atoms with Gasteiger partial charge in [0.05, 0.1) is 12.9 Å². The van der Waals surface area contributed by atoms with Crippen LogP contribution in [0, 0.1) is 0 Å². The van der Waals surface area contributed by atoms with Crippen molar-refractivity contribution in [2.75, 3.05) is 24.7 Å². The van der Waals surface area contributed by atoms with Crippen LogP contribution in [0.2, 0.25) is 0 Å². The van der Waals surface area contributed by atoms with E-state index in [-0.39, 0.29) is 5.91 Å². The van der Waals surface area contributed by atoms with Crippen LogP contribution in [0.1, 0.15) is 26.2 Å². The number of anilines is 2. The highest BCUT2D eigenvalue weighted by atomic mass is 32.2. The summed E-state index contributed by atoms with van der Waals surface area (Å²) in [6.07, 6.45) is 5.39. The molecule has 1 amide bonds. The number of hydrogen-bond donors (Lipinski definition) is 1. The molecule has 0 aliphatic heterocycles. The third-order valence-electron chi connectivity index (χ3n) is 4.05. The van der Waals surface area contributed by atoms with Gasteiger partial charge >= 0.3 is 0 Å². The maximum atomic E-state index is 12.5. The highest BCUT2D eigenvalue weighted by Gasteiger charge is 2.19. The highest BCUT2D eigenvalue weighted by molar-refractivity contribution is 8.01. The van der Waals surface area contributed by atoms with E-state index < -0.39 is 0 Å². The molecule has 1 aliphatic rings. The molecule has 138 valence electrons. The number of ether oxygens (including phenoxy) is 1. The fourth-order valence-electron chi connectivity index (χ4n) is 2.76. The van der Waals surface area contributed by atoms with Crippen molar-refractivity contribution in [2.24, 2.45) is 0 Å². The number of allylic oxidation sites excluding steroid dienone is 2. The average molecular weight is 391 g/mol. The summed E-state index contributed by atoms with van der Waals surface area (Å²) in [7, 11) is 1.64. The van der Waals surface area contributed by atoms with Crippen LogP contribution in [0.5, 0.6) is 5.75 Å². The molecule has 26 heavy (non-hydrogen) atoms. The van der Waals surface area contributed by atoms with E-state index in [0.29, 0.717) is 17.4 Å². The van der Waals surface area contributed by atoms with Crippen LogP contribution in [0.4, 0.5) is 10.8 Å². The monoisotopic (exact) mass is 390 g/mol. The largest absolute Gasteiger partial charge is 0.497 e. The van der Waals surface area contributed by atoms with Gasteiger partial charge in [0.1, 0.15) is 5.75 Å². The Balaban J connectivity index is 1.53. The number of carbonyl (C=O) groups excluding carboxylic acids is 1. The van der Waals surface area contributed by atoms with Crippen LogP contribution < -0.4 is 10.1 Å². The first-order chi connectivity index (χ1) is 12.7. The number of nitrogens with zero attached hydrogens (tertiary/aromatic N) is 3. The van der Waals surface area contributed by atoms with Gasteiger partial charge in [0.25, 0.3) is 0 Å². The first kappa shape index (κ1) is 18.7. The molecule has 3 rings (SSSR count). The lowest BCUT2D eigenvalue weighted by atomic mass is 10.3.